The van der Waals surface area contributed by atoms with Crippen LogP contribution in [-0.2, 0) is 14.6 Å². The van der Waals surface area contributed by atoms with Gasteiger partial charge >= 0.3 is 5.97 Å². The van der Waals surface area contributed by atoms with Gasteiger partial charge in [-0.15, -0.1) is 0 Å². The predicted octanol–water partition coefficient (Wildman–Crippen LogP) is 2.31. The lowest BCUT2D eigenvalue weighted by Crippen LogP contribution is -2.04. The molecule has 0 saturated heterocycles. The van der Waals surface area contributed by atoms with Crippen LogP contribution in [0.2, 0.25) is 0 Å². The average Bonchev–Trinajstić information content (AvgIpc) is 2.54. The van der Waals surface area contributed by atoms with Crippen LogP contribution in [0.1, 0.15) is 10.4 Å². The molecule has 0 bridgehead atoms. The molecule has 0 N–H and O–H groups in total. The van der Waals surface area contributed by atoms with Gasteiger partial charge in [-0.2, -0.15) is 0 Å². The molecule has 0 aliphatic heterocycles. The Morgan fingerprint density at radius 2 is 1.33 bits per heavy atom. The highest BCUT2D eigenvalue weighted by molar-refractivity contribution is 7.91. The van der Waals surface area contributed by atoms with E-state index in [4.69, 9.17) is 4.74 Å². The molecule has 2 aromatic carbocycles. The van der Waals surface area contributed by atoms with E-state index in [-0.39, 0.29) is 9.79 Å². The van der Waals surface area contributed by atoms with Crippen molar-refractivity contribution in [3.8, 4) is 5.75 Å². The summed E-state index contributed by atoms with van der Waals surface area (Å²) in [5.41, 5.74) is 0.297. The van der Waals surface area contributed by atoms with Crippen molar-refractivity contribution >= 4 is 15.8 Å². The molecular weight excluding hydrogens is 292 g/mol. The molecule has 0 atom stereocenters. The maximum Gasteiger partial charge on any atom is 0.337 e. The SMILES string of the molecule is COC(=O)c1ccc(S(=O)(=O)c2ccc(OC)cc2)cc1. The van der Waals surface area contributed by atoms with E-state index in [1.165, 1.54) is 50.6 Å². The monoisotopic (exact) mass is 306 g/mol. The molecule has 5 nitrogen and oxygen atoms in total. The molecule has 0 amide bonds. The Morgan fingerprint density at radius 3 is 1.76 bits per heavy atom. The quantitative estimate of drug-likeness (QED) is 0.811. The van der Waals surface area contributed by atoms with Crippen LogP contribution in [0.3, 0.4) is 0 Å². The van der Waals surface area contributed by atoms with Gasteiger partial charge in [0.2, 0.25) is 9.84 Å². The summed E-state index contributed by atoms with van der Waals surface area (Å²) in [6, 6.07) is 11.7. The fraction of sp³-hybridized carbons (Fsp3) is 0.133. The molecule has 0 aliphatic rings. The Hall–Kier alpha value is -2.34. The second-order valence-electron chi connectivity index (χ2n) is 4.19. The van der Waals surface area contributed by atoms with Crippen molar-refractivity contribution in [1.29, 1.82) is 0 Å². The summed E-state index contributed by atoms with van der Waals surface area (Å²) in [7, 11) is -0.844. The summed E-state index contributed by atoms with van der Waals surface area (Å²) in [5.74, 6) is 0.0679. The molecule has 0 saturated carbocycles. The maximum absolute atomic E-state index is 12.4. The molecule has 2 aromatic rings. The highest BCUT2D eigenvalue weighted by atomic mass is 32.2. The molecule has 0 aromatic heterocycles. The minimum absolute atomic E-state index is 0.111. The predicted molar refractivity (Wildman–Crippen MR) is 76.2 cm³/mol. The Bertz CT molecular complexity index is 731. The Kier molecular flexibility index (Phi) is 4.28. The van der Waals surface area contributed by atoms with Crippen LogP contribution in [0.15, 0.2) is 58.3 Å². The number of methoxy groups -OCH3 is 2. The number of esters is 1. The minimum Gasteiger partial charge on any atom is -0.497 e. The van der Waals surface area contributed by atoms with E-state index in [1.54, 1.807) is 12.1 Å². The third-order valence-corrected chi connectivity index (χ3v) is 4.74. The van der Waals surface area contributed by atoms with Crippen LogP contribution in [0.25, 0.3) is 0 Å². The average molecular weight is 306 g/mol. The molecule has 0 aliphatic carbocycles. The fourth-order valence-corrected chi connectivity index (χ4v) is 3.04. The van der Waals surface area contributed by atoms with Gasteiger partial charge in [0, 0.05) is 0 Å². The van der Waals surface area contributed by atoms with Gasteiger partial charge in [-0.05, 0) is 48.5 Å². The number of carbonyl (C=O) groups excluding carboxylic acids is 1. The third kappa shape index (κ3) is 3.05. The number of sulfone groups is 1. The van der Waals surface area contributed by atoms with E-state index in [0.717, 1.165) is 0 Å². The van der Waals surface area contributed by atoms with E-state index in [0.29, 0.717) is 11.3 Å². The van der Waals surface area contributed by atoms with Crippen LogP contribution in [0, 0.1) is 0 Å². The third-order valence-electron chi connectivity index (χ3n) is 2.96. The van der Waals surface area contributed by atoms with Crippen LogP contribution in [0.5, 0.6) is 5.75 Å². The maximum atomic E-state index is 12.4. The first-order chi connectivity index (χ1) is 9.98. The van der Waals surface area contributed by atoms with Gasteiger partial charge in [0.25, 0.3) is 0 Å². The number of carbonyl (C=O) groups is 1. The zero-order chi connectivity index (χ0) is 15.5. The number of benzene rings is 2. The summed E-state index contributed by atoms with van der Waals surface area (Å²) in [4.78, 5) is 11.6. The van der Waals surface area contributed by atoms with E-state index < -0.39 is 15.8 Å². The molecule has 2 rings (SSSR count). The van der Waals surface area contributed by atoms with Crippen LogP contribution < -0.4 is 4.74 Å². The topological polar surface area (TPSA) is 69.7 Å². The highest BCUT2D eigenvalue weighted by Crippen LogP contribution is 2.23. The van der Waals surface area contributed by atoms with Crippen molar-refractivity contribution in [2.75, 3.05) is 14.2 Å². The second-order valence-corrected chi connectivity index (χ2v) is 6.14. The lowest BCUT2D eigenvalue weighted by Gasteiger charge is -2.06. The van der Waals surface area contributed by atoms with E-state index in [2.05, 4.69) is 4.74 Å². The first-order valence-corrected chi connectivity index (χ1v) is 7.55. The highest BCUT2D eigenvalue weighted by Gasteiger charge is 2.18. The normalized spacial score (nSPS) is 11.0. The van der Waals surface area contributed by atoms with Crippen molar-refractivity contribution in [3.05, 3.63) is 54.1 Å². The Morgan fingerprint density at radius 1 is 0.857 bits per heavy atom. The van der Waals surface area contributed by atoms with Crippen molar-refractivity contribution in [3.63, 3.8) is 0 Å². The summed E-state index contributed by atoms with van der Waals surface area (Å²) in [6.45, 7) is 0. The van der Waals surface area contributed by atoms with E-state index >= 15 is 0 Å². The van der Waals surface area contributed by atoms with Crippen molar-refractivity contribution in [2.24, 2.45) is 0 Å². The molecule has 21 heavy (non-hydrogen) atoms. The molecule has 0 unspecified atom stereocenters. The minimum atomic E-state index is -3.62. The molecule has 0 radical (unpaired) electrons. The van der Waals surface area contributed by atoms with Crippen molar-refractivity contribution in [2.45, 2.75) is 9.79 Å². The van der Waals surface area contributed by atoms with Gasteiger partial charge in [0.05, 0.1) is 29.6 Å². The van der Waals surface area contributed by atoms with Crippen LogP contribution >= 0.6 is 0 Å². The summed E-state index contributed by atoms with van der Waals surface area (Å²) in [5, 5.41) is 0. The van der Waals surface area contributed by atoms with Gasteiger partial charge in [0.1, 0.15) is 5.75 Å². The van der Waals surface area contributed by atoms with Crippen molar-refractivity contribution < 1.29 is 22.7 Å². The Labute approximate surface area is 123 Å². The zero-order valence-electron chi connectivity index (χ0n) is 11.6. The summed E-state index contributed by atoms with van der Waals surface area (Å²) in [6.07, 6.45) is 0. The summed E-state index contributed by atoms with van der Waals surface area (Å²) >= 11 is 0. The van der Waals surface area contributed by atoms with Crippen LogP contribution in [-0.4, -0.2) is 28.6 Å². The lowest BCUT2D eigenvalue weighted by atomic mass is 10.2. The lowest BCUT2D eigenvalue weighted by molar-refractivity contribution is 0.0600. The number of hydrogen-bond donors (Lipinski definition) is 0. The number of rotatable bonds is 4. The number of hydrogen-bond acceptors (Lipinski definition) is 5. The van der Waals surface area contributed by atoms with Gasteiger partial charge in [-0.3, -0.25) is 0 Å². The van der Waals surface area contributed by atoms with Gasteiger partial charge in [-0.25, -0.2) is 13.2 Å². The zero-order valence-corrected chi connectivity index (χ0v) is 12.4. The first kappa shape index (κ1) is 15.1. The molecular formula is C15H14O5S. The Balaban J connectivity index is 2.36. The molecule has 6 heteroatoms. The molecule has 0 spiro atoms. The fourth-order valence-electron chi connectivity index (χ4n) is 1.78. The number of ether oxygens (including phenoxy) is 2. The van der Waals surface area contributed by atoms with Crippen LogP contribution in [0.4, 0.5) is 0 Å². The van der Waals surface area contributed by atoms with Gasteiger partial charge in [-0.1, -0.05) is 0 Å². The standard InChI is InChI=1S/C15H14O5S/c1-19-12-5-9-14(10-6-12)21(17,18)13-7-3-11(4-8-13)15(16)20-2/h3-10H,1-2H3. The largest absolute Gasteiger partial charge is 0.497 e. The molecule has 0 heterocycles. The summed E-state index contributed by atoms with van der Waals surface area (Å²) < 4.78 is 34.4. The smallest absolute Gasteiger partial charge is 0.337 e. The van der Waals surface area contributed by atoms with Crippen molar-refractivity contribution in [1.82, 2.24) is 0 Å². The van der Waals surface area contributed by atoms with E-state index in [1.807, 2.05) is 0 Å². The van der Waals surface area contributed by atoms with Gasteiger partial charge in [0.15, 0.2) is 0 Å². The molecule has 110 valence electrons. The van der Waals surface area contributed by atoms with Gasteiger partial charge < -0.3 is 9.47 Å². The van der Waals surface area contributed by atoms with E-state index in [9.17, 15) is 13.2 Å². The first-order valence-electron chi connectivity index (χ1n) is 6.06. The second kappa shape index (κ2) is 5.97. The molecule has 0 fully saturated rings.